The molecule has 0 heterocycles. The zero-order valence-corrected chi connectivity index (χ0v) is 9.26. The Bertz CT molecular complexity index is 334. The van der Waals surface area contributed by atoms with Crippen LogP contribution in [0.4, 0.5) is 8.78 Å². The van der Waals surface area contributed by atoms with Crippen LogP contribution in [0.25, 0.3) is 0 Å². The molecule has 0 atom stereocenters. The number of nitrogens with one attached hydrogen (secondary N) is 1. The molecule has 0 aromatic heterocycles. The topological polar surface area (TPSA) is 12.0 Å². The Labute approximate surface area is 94.9 Å². The van der Waals surface area contributed by atoms with Crippen LogP contribution in [0.1, 0.15) is 30.7 Å². The summed E-state index contributed by atoms with van der Waals surface area (Å²) in [6.45, 7) is 0.460. The third-order valence-electron chi connectivity index (χ3n) is 3.23. The Morgan fingerprint density at radius 1 is 1.25 bits per heavy atom. The average Bonchev–Trinajstić information content (AvgIpc) is 2.23. The van der Waals surface area contributed by atoms with E-state index in [0.29, 0.717) is 18.4 Å². The van der Waals surface area contributed by atoms with Gasteiger partial charge >= 0.3 is 0 Å². The minimum Gasteiger partial charge on any atom is -0.314 e. The molecule has 1 aromatic rings. The van der Waals surface area contributed by atoms with Crippen LogP contribution in [-0.2, 0) is 0 Å². The molecule has 1 aromatic carbocycles. The van der Waals surface area contributed by atoms with Gasteiger partial charge in [-0.05, 0) is 43.4 Å². The maximum atomic E-state index is 13.4. The summed E-state index contributed by atoms with van der Waals surface area (Å²) in [6, 6.07) is 7.41. The van der Waals surface area contributed by atoms with Crippen LogP contribution >= 0.6 is 0 Å². The van der Waals surface area contributed by atoms with Crippen LogP contribution in [0.2, 0.25) is 0 Å². The molecule has 0 amide bonds. The van der Waals surface area contributed by atoms with E-state index in [1.54, 1.807) is 6.07 Å². The summed E-state index contributed by atoms with van der Waals surface area (Å²) in [7, 11) is 0. The van der Waals surface area contributed by atoms with Gasteiger partial charge in [-0.2, -0.15) is 0 Å². The monoisotopic (exact) mass is 225 g/mol. The van der Waals surface area contributed by atoms with Crippen LogP contribution < -0.4 is 5.32 Å². The first-order valence-electron chi connectivity index (χ1n) is 5.85. The second kappa shape index (κ2) is 5.39. The van der Waals surface area contributed by atoms with Crippen LogP contribution in [0.15, 0.2) is 24.3 Å². The van der Waals surface area contributed by atoms with E-state index in [0.717, 1.165) is 24.9 Å². The Kier molecular flexibility index (Phi) is 3.88. The first kappa shape index (κ1) is 11.5. The fourth-order valence-electron chi connectivity index (χ4n) is 2.22. The molecule has 1 saturated carbocycles. The van der Waals surface area contributed by atoms with Crippen molar-refractivity contribution in [2.45, 2.75) is 31.2 Å². The summed E-state index contributed by atoms with van der Waals surface area (Å²) in [5.74, 6) is 0.235. The highest BCUT2D eigenvalue weighted by atomic mass is 19.1. The maximum absolute atomic E-state index is 13.4. The molecule has 1 fully saturated rings. The van der Waals surface area contributed by atoms with Gasteiger partial charge in [-0.25, -0.2) is 4.39 Å². The molecule has 0 unspecified atom stereocenters. The zero-order valence-electron chi connectivity index (χ0n) is 9.26. The van der Waals surface area contributed by atoms with Crippen molar-refractivity contribution >= 4 is 0 Å². The van der Waals surface area contributed by atoms with Crippen molar-refractivity contribution in [2.24, 2.45) is 0 Å². The maximum Gasteiger partial charge on any atom is 0.126 e. The van der Waals surface area contributed by atoms with E-state index < -0.39 is 0 Å². The molecule has 0 aliphatic heterocycles. The van der Waals surface area contributed by atoms with Gasteiger partial charge in [0.15, 0.2) is 0 Å². The van der Waals surface area contributed by atoms with Gasteiger partial charge in [-0.3, -0.25) is 4.39 Å². The highest BCUT2D eigenvalue weighted by Gasteiger charge is 2.31. The molecular weight excluding hydrogens is 208 g/mol. The van der Waals surface area contributed by atoms with Crippen molar-refractivity contribution in [1.29, 1.82) is 0 Å². The molecule has 2 rings (SSSR count). The Morgan fingerprint density at radius 3 is 2.69 bits per heavy atom. The van der Waals surface area contributed by atoms with Gasteiger partial charge in [0.25, 0.3) is 0 Å². The molecule has 0 bridgehead atoms. The average molecular weight is 225 g/mol. The minimum absolute atomic E-state index is 0.102. The van der Waals surface area contributed by atoms with E-state index in [1.165, 1.54) is 6.07 Å². The third-order valence-corrected chi connectivity index (χ3v) is 3.23. The van der Waals surface area contributed by atoms with Crippen LogP contribution in [0, 0.1) is 5.82 Å². The lowest BCUT2D eigenvalue weighted by molar-refractivity contribution is 0.281. The van der Waals surface area contributed by atoms with E-state index in [-0.39, 0.29) is 12.5 Å². The number of halogens is 2. The highest BCUT2D eigenvalue weighted by Crippen LogP contribution is 2.37. The van der Waals surface area contributed by atoms with Crippen molar-refractivity contribution in [3.05, 3.63) is 35.6 Å². The zero-order chi connectivity index (χ0) is 11.4. The number of alkyl halides is 1. The fraction of sp³-hybridized carbons (Fsp3) is 0.538. The summed E-state index contributed by atoms with van der Waals surface area (Å²) in [6.07, 6.45) is 2.50. The first-order chi connectivity index (χ1) is 7.81. The molecule has 0 saturated heterocycles. The van der Waals surface area contributed by atoms with E-state index in [1.807, 2.05) is 12.1 Å². The van der Waals surface area contributed by atoms with E-state index in [2.05, 4.69) is 5.32 Å². The molecule has 88 valence electrons. The lowest BCUT2D eigenvalue weighted by atomic mass is 9.75. The predicted molar refractivity (Wildman–Crippen MR) is 60.8 cm³/mol. The Hall–Kier alpha value is -0.960. The molecule has 0 radical (unpaired) electrons. The van der Waals surface area contributed by atoms with Gasteiger partial charge in [-0.15, -0.1) is 0 Å². The first-order valence-corrected chi connectivity index (χ1v) is 5.85. The number of rotatable bonds is 5. The smallest absolute Gasteiger partial charge is 0.126 e. The molecule has 1 nitrogen and oxygen atoms in total. The van der Waals surface area contributed by atoms with Crippen molar-refractivity contribution < 1.29 is 8.78 Å². The molecule has 1 N–H and O–H groups in total. The van der Waals surface area contributed by atoms with Crippen molar-refractivity contribution in [2.75, 3.05) is 13.2 Å². The number of hydrogen-bond acceptors (Lipinski definition) is 1. The lowest BCUT2D eigenvalue weighted by Gasteiger charge is -2.36. The molecule has 1 aliphatic rings. The SMILES string of the molecule is FCCCNC1CC(c2ccccc2F)C1. The highest BCUT2D eigenvalue weighted by molar-refractivity contribution is 5.24. The number of benzene rings is 1. The Morgan fingerprint density at radius 2 is 2.00 bits per heavy atom. The van der Waals surface area contributed by atoms with Crippen LogP contribution in [0.5, 0.6) is 0 Å². The fourth-order valence-corrected chi connectivity index (χ4v) is 2.22. The minimum atomic E-state index is -0.267. The Balaban J connectivity index is 1.78. The summed E-state index contributed by atoms with van der Waals surface area (Å²) in [4.78, 5) is 0. The van der Waals surface area contributed by atoms with Crippen LogP contribution in [0.3, 0.4) is 0 Å². The lowest BCUT2D eigenvalue weighted by Crippen LogP contribution is -2.40. The molecule has 16 heavy (non-hydrogen) atoms. The quantitative estimate of drug-likeness (QED) is 0.759. The van der Waals surface area contributed by atoms with Crippen molar-refractivity contribution in [3.63, 3.8) is 0 Å². The van der Waals surface area contributed by atoms with Gasteiger partial charge in [0.1, 0.15) is 5.82 Å². The molecule has 3 heteroatoms. The van der Waals surface area contributed by atoms with Gasteiger partial charge in [-0.1, -0.05) is 18.2 Å². The van der Waals surface area contributed by atoms with Crippen LogP contribution in [-0.4, -0.2) is 19.3 Å². The second-order valence-corrected chi connectivity index (χ2v) is 4.38. The molecule has 1 aliphatic carbocycles. The van der Waals surface area contributed by atoms with Gasteiger partial charge < -0.3 is 5.32 Å². The summed E-state index contributed by atoms with van der Waals surface area (Å²) in [5.41, 5.74) is 0.825. The van der Waals surface area contributed by atoms with E-state index in [9.17, 15) is 8.78 Å². The predicted octanol–water partition coefficient (Wildman–Crippen LogP) is 3.02. The normalized spacial score (nSPS) is 24.1. The van der Waals surface area contributed by atoms with Gasteiger partial charge in [0.2, 0.25) is 0 Å². The summed E-state index contributed by atoms with van der Waals surface area (Å²) in [5, 5.41) is 3.28. The molecular formula is C13H17F2N. The number of hydrogen-bond donors (Lipinski definition) is 1. The standard InChI is InChI=1S/C13H17F2N/c14-6-3-7-16-11-8-10(9-11)12-4-1-2-5-13(12)15/h1-2,4-5,10-11,16H,3,6-9H2. The van der Waals surface area contributed by atoms with Crippen molar-refractivity contribution in [1.82, 2.24) is 5.32 Å². The second-order valence-electron chi connectivity index (χ2n) is 4.38. The third kappa shape index (κ3) is 2.59. The van der Waals surface area contributed by atoms with E-state index >= 15 is 0 Å². The largest absolute Gasteiger partial charge is 0.314 e. The van der Waals surface area contributed by atoms with Gasteiger partial charge in [0.05, 0.1) is 6.67 Å². The van der Waals surface area contributed by atoms with Crippen molar-refractivity contribution in [3.8, 4) is 0 Å². The molecule has 0 spiro atoms. The van der Waals surface area contributed by atoms with Gasteiger partial charge in [0, 0.05) is 6.04 Å². The van der Waals surface area contributed by atoms with E-state index in [4.69, 9.17) is 0 Å². The summed E-state index contributed by atoms with van der Waals surface area (Å²) >= 11 is 0. The summed E-state index contributed by atoms with van der Waals surface area (Å²) < 4.78 is 25.3.